The van der Waals surface area contributed by atoms with Gasteiger partial charge in [0.15, 0.2) is 5.82 Å². The number of hydrogen-bond acceptors (Lipinski definition) is 6. The summed E-state index contributed by atoms with van der Waals surface area (Å²) in [6.45, 7) is 0.788. The SMILES string of the molecule is CNc1ccc([N+](=O)[O-])cc1C(=O)Nc1cc(-c2nnc3n2CCCCC3)ccc1F. The number of anilines is 2. The van der Waals surface area contributed by atoms with Gasteiger partial charge in [-0.25, -0.2) is 4.39 Å². The van der Waals surface area contributed by atoms with Crippen molar-refractivity contribution in [2.75, 3.05) is 17.7 Å². The first kappa shape index (κ1) is 20.5. The highest BCUT2D eigenvalue weighted by molar-refractivity contribution is 6.08. The summed E-state index contributed by atoms with van der Waals surface area (Å²) in [6, 6.07) is 8.24. The third-order valence-corrected chi connectivity index (χ3v) is 5.31. The van der Waals surface area contributed by atoms with Gasteiger partial charge in [-0.15, -0.1) is 10.2 Å². The Morgan fingerprint density at radius 2 is 1.97 bits per heavy atom. The summed E-state index contributed by atoms with van der Waals surface area (Å²) >= 11 is 0. The van der Waals surface area contributed by atoms with Crippen LogP contribution in [0.15, 0.2) is 36.4 Å². The number of hydrogen-bond donors (Lipinski definition) is 2. The molecule has 1 aliphatic rings. The number of aryl methyl sites for hydroxylation is 1. The van der Waals surface area contributed by atoms with Crippen LogP contribution >= 0.6 is 0 Å². The molecule has 10 heteroatoms. The first-order valence-corrected chi connectivity index (χ1v) is 9.97. The van der Waals surface area contributed by atoms with Gasteiger partial charge in [-0.2, -0.15) is 0 Å². The Labute approximate surface area is 177 Å². The average Bonchev–Trinajstić information content (AvgIpc) is 3.02. The Balaban J connectivity index is 1.66. The normalized spacial score (nSPS) is 13.2. The standard InChI is InChI=1S/C21H21FN6O3/c1-23-17-9-7-14(28(30)31)12-15(17)21(29)24-18-11-13(6-8-16(18)22)20-26-25-19-5-3-2-4-10-27(19)20/h6-9,11-12,23H,2-5,10H2,1H3,(H,24,29). The van der Waals surface area contributed by atoms with E-state index in [-0.39, 0.29) is 16.9 Å². The lowest BCUT2D eigenvalue weighted by molar-refractivity contribution is -0.384. The number of carbonyl (C=O) groups is 1. The molecule has 0 aliphatic carbocycles. The zero-order valence-corrected chi connectivity index (χ0v) is 16.9. The number of nitrogens with one attached hydrogen (secondary N) is 2. The van der Waals surface area contributed by atoms with Crippen LogP contribution in [0.2, 0.25) is 0 Å². The monoisotopic (exact) mass is 424 g/mol. The van der Waals surface area contributed by atoms with Gasteiger partial charge in [-0.1, -0.05) is 6.42 Å². The third kappa shape index (κ3) is 4.09. The van der Waals surface area contributed by atoms with Crippen molar-refractivity contribution in [3.05, 3.63) is 63.7 Å². The maximum Gasteiger partial charge on any atom is 0.270 e. The molecule has 0 fully saturated rings. The van der Waals surface area contributed by atoms with E-state index in [1.54, 1.807) is 13.1 Å². The number of amides is 1. The van der Waals surface area contributed by atoms with E-state index >= 15 is 0 Å². The van der Waals surface area contributed by atoms with Crippen LogP contribution < -0.4 is 10.6 Å². The van der Waals surface area contributed by atoms with Crippen molar-refractivity contribution in [1.29, 1.82) is 0 Å². The van der Waals surface area contributed by atoms with E-state index in [0.717, 1.165) is 44.1 Å². The lowest BCUT2D eigenvalue weighted by atomic mass is 10.1. The van der Waals surface area contributed by atoms with Gasteiger partial charge in [0, 0.05) is 43.4 Å². The topological polar surface area (TPSA) is 115 Å². The maximum absolute atomic E-state index is 14.5. The second kappa shape index (κ2) is 8.50. The van der Waals surface area contributed by atoms with Gasteiger partial charge < -0.3 is 15.2 Å². The van der Waals surface area contributed by atoms with Gasteiger partial charge in [0.1, 0.15) is 11.6 Å². The number of nitrogens with zero attached hydrogens (tertiary/aromatic N) is 4. The summed E-state index contributed by atoms with van der Waals surface area (Å²) in [4.78, 5) is 23.3. The van der Waals surface area contributed by atoms with Crippen LogP contribution in [0.3, 0.4) is 0 Å². The fourth-order valence-corrected chi connectivity index (χ4v) is 3.70. The van der Waals surface area contributed by atoms with Crippen molar-refractivity contribution in [2.45, 2.75) is 32.2 Å². The van der Waals surface area contributed by atoms with E-state index < -0.39 is 16.6 Å². The van der Waals surface area contributed by atoms with E-state index in [4.69, 9.17) is 0 Å². The fourth-order valence-electron chi connectivity index (χ4n) is 3.70. The highest BCUT2D eigenvalue weighted by Gasteiger charge is 2.20. The Hall–Kier alpha value is -3.82. The molecule has 2 aromatic carbocycles. The van der Waals surface area contributed by atoms with Crippen LogP contribution in [0.25, 0.3) is 11.4 Å². The zero-order valence-electron chi connectivity index (χ0n) is 16.9. The summed E-state index contributed by atoms with van der Waals surface area (Å²) < 4.78 is 16.5. The largest absolute Gasteiger partial charge is 0.387 e. The molecule has 0 saturated heterocycles. The van der Waals surface area contributed by atoms with Gasteiger partial charge in [-0.05, 0) is 37.1 Å². The Kier molecular flexibility index (Phi) is 5.61. The lowest BCUT2D eigenvalue weighted by Gasteiger charge is -2.12. The minimum Gasteiger partial charge on any atom is -0.387 e. The van der Waals surface area contributed by atoms with Gasteiger partial charge in [-0.3, -0.25) is 14.9 Å². The molecular weight excluding hydrogens is 403 g/mol. The number of halogens is 1. The van der Waals surface area contributed by atoms with Crippen molar-refractivity contribution in [1.82, 2.24) is 14.8 Å². The van der Waals surface area contributed by atoms with Crippen molar-refractivity contribution in [2.24, 2.45) is 0 Å². The molecular formula is C21H21FN6O3. The second-order valence-corrected chi connectivity index (χ2v) is 7.29. The summed E-state index contributed by atoms with van der Waals surface area (Å²) in [5.74, 6) is 0.240. The van der Waals surface area contributed by atoms with E-state index in [9.17, 15) is 19.3 Å². The van der Waals surface area contributed by atoms with E-state index in [0.29, 0.717) is 17.1 Å². The maximum atomic E-state index is 14.5. The highest BCUT2D eigenvalue weighted by Crippen LogP contribution is 2.28. The van der Waals surface area contributed by atoms with E-state index in [1.165, 1.54) is 24.3 Å². The van der Waals surface area contributed by atoms with Crippen LogP contribution in [0.4, 0.5) is 21.5 Å². The summed E-state index contributed by atoms with van der Waals surface area (Å²) in [5.41, 5.74) is 0.789. The quantitative estimate of drug-likeness (QED) is 0.472. The van der Waals surface area contributed by atoms with Crippen molar-refractivity contribution < 1.29 is 14.1 Å². The number of benzene rings is 2. The highest BCUT2D eigenvalue weighted by atomic mass is 19.1. The van der Waals surface area contributed by atoms with Gasteiger partial charge in [0.2, 0.25) is 0 Å². The molecule has 0 unspecified atom stereocenters. The van der Waals surface area contributed by atoms with E-state index in [2.05, 4.69) is 20.8 Å². The number of rotatable bonds is 5. The first-order chi connectivity index (χ1) is 15.0. The Morgan fingerprint density at radius 1 is 1.13 bits per heavy atom. The van der Waals surface area contributed by atoms with Crippen LogP contribution in [-0.4, -0.2) is 32.6 Å². The number of carbonyl (C=O) groups excluding carboxylic acids is 1. The van der Waals surface area contributed by atoms with Crippen LogP contribution in [0.1, 0.15) is 35.4 Å². The van der Waals surface area contributed by atoms with Crippen LogP contribution in [0, 0.1) is 15.9 Å². The predicted molar refractivity (Wildman–Crippen MR) is 114 cm³/mol. The van der Waals surface area contributed by atoms with Gasteiger partial charge in [0.25, 0.3) is 11.6 Å². The molecule has 0 spiro atoms. The molecule has 1 aliphatic heterocycles. The fraction of sp³-hybridized carbons (Fsp3) is 0.286. The molecule has 9 nitrogen and oxygen atoms in total. The molecule has 1 amide bonds. The molecule has 1 aromatic heterocycles. The summed E-state index contributed by atoms with van der Waals surface area (Å²) in [5, 5.41) is 25.0. The third-order valence-electron chi connectivity index (χ3n) is 5.31. The number of fused-ring (bicyclic) bond motifs is 1. The summed E-state index contributed by atoms with van der Waals surface area (Å²) in [7, 11) is 1.59. The van der Waals surface area contributed by atoms with Crippen LogP contribution in [0.5, 0.6) is 0 Å². The summed E-state index contributed by atoms with van der Waals surface area (Å²) in [6.07, 6.45) is 4.03. The molecule has 2 heterocycles. The molecule has 0 bridgehead atoms. The second-order valence-electron chi connectivity index (χ2n) is 7.29. The van der Waals surface area contributed by atoms with E-state index in [1.807, 2.05) is 4.57 Å². The number of nitro benzene ring substituents is 1. The first-order valence-electron chi connectivity index (χ1n) is 9.97. The van der Waals surface area contributed by atoms with Gasteiger partial charge in [0.05, 0.1) is 16.2 Å². The average molecular weight is 424 g/mol. The minimum absolute atomic E-state index is 0.0397. The molecule has 31 heavy (non-hydrogen) atoms. The van der Waals surface area contributed by atoms with Crippen molar-refractivity contribution in [3.63, 3.8) is 0 Å². The van der Waals surface area contributed by atoms with Gasteiger partial charge >= 0.3 is 0 Å². The van der Waals surface area contributed by atoms with Crippen LogP contribution in [-0.2, 0) is 13.0 Å². The Morgan fingerprint density at radius 3 is 2.74 bits per heavy atom. The molecule has 3 aromatic rings. The molecule has 2 N–H and O–H groups in total. The Bertz CT molecular complexity index is 1160. The molecule has 160 valence electrons. The number of aromatic nitrogens is 3. The predicted octanol–water partition coefficient (Wildman–Crippen LogP) is 4.01. The smallest absolute Gasteiger partial charge is 0.270 e. The lowest BCUT2D eigenvalue weighted by Crippen LogP contribution is -2.15. The molecule has 0 atom stereocenters. The van der Waals surface area contributed by atoms with Crippen molar-refractivity contribution >= 4 is 23.0 Å². The minimum atomic E-state index is -0.663. The molecule has 0 saturated carbocycles. The molecule has 4 rings (SSSR count). The number of non-ortho nitro benzene ring substituents is 1. The zero-order chi connectivity index (χ0) is 22.0. The number of nitro groups is 1. The van der Waals surface area contributed by atoms with Crippen molar-refractivity contribution in [3.8, 4) is 11.4 Å². The molecule has 0 radical (unpaired) electrons.